The maximum atomic E-state index is 12.7. The maximum absolute atomic E-state index is 12.7. The second-order valence-electron chi connectivity index (χ2n) is 5.99. The van der Waals surface area contributed by atoms with E-state index in [4.69, 9.17) is 0 Å². The first kappa shape index (κ1) is 15.3. The lowest BCUT2D eigenvalue weighted by atomic mass is 9.88. The Balaban J connectivity index is 0.00000147. The smallest absolute Gasteiger partial charge is 0.254 e. The molecule has 4 heteroatoms. The zero-order valence-electron chi connectivity index (χ0n) is 12.2. The Morgan fingerprint density at radius 3 is 2.55 bits per heavy atom. The molecule has 1 N–H and O–H groups in total. The summed E-state index contributed by atoms with van der Waals surface area (Å²) in [6, 6.07) is 6.09. The van der Waals surface area contributed by atoms with Gasteiger partial charge in [0.1, 0.15) is 0 Å². The van der Waals surface area contributed by atoms with Crippen molar-refractivity contribution in [1.82, 2.24) is 10.2 Å². The minimum atomic E-state index is 0. The van der Waals surface area contributed by atoms with E-state index >= 15 is 0 Å². The van der Waals surface area contributed by atoms with Crippen molar-refractivity contribution in [2.45, 2.75) is 20.3 Å². The second kappa shape index (κ2) is 6.15. The third-order valence-corrected chi connectivity index (χ3v) is 4.69. The highest BCUT2D eigenvalue weighted by molar-refractivity contribution is 5.97. The van der Waals surface area contributed by atoms with Crippen LogP contribution in [0.2, 0.25) is 0 Å². The van der Waals surface area contributed by atoms with Crippen LogP contribution in [0.1, 0.15) is 27.9 Å². The van der Waals surface area contributed by atoms with E-state index in [1.54, 1.807) is 0 Å². The molecular weight excluding hydrogens is 272 g/mol. The van der Waals surface area contributed by atoms with Crippen molar-refractivity contribution in [2.75, 3.05) is 26.2 Å². The summed E-state index contributed by atoms with van der Waals surface area (Å²) in [5.74, 6) is 1.66. The molecule has 2 unspecified atom stereocenters. The Morgan fingerprint density at radius 2 is 1.85 bits per heavy atom. The van der Waals surface area contributed by atoms with Gasteiger partial charge >= 0.3 is 0 Å². The number of rotatable bonds is 1. The van der Waals surface area contributed by atoms with Crippen molar-refractivity contribution in [3.63, 3.8) is 0 Å². The Hall–Kier alpha value is -1.06. The molecule has 1 aromatic rings. The average Bonchev–Trinajstić information content (AvgIpc) is 2.85. The molecule has 2 saturated heterocycles. The molecule has 0 bridgehead atoms. The van der Waals surface area contributed by atoms with Crippen LogP contribution >= 0.6 is 12.4 Å². The molecule has 110 valence electrons. The van der Waals surface area contributed by atoms with E-state index in [1.165, 1.54) is 0 Å². The van der Waals surface area contributed by atoms with Crippen molar-refractivity contribution in [3.8, 4) is 0 Å². The van der Waals surface area contributed by atoms with E-state index in [0.717, 1.165) is 55.2 Å². The number of carbonyl (C=O) groups excluding carboxylic acids is 1. The fourth-order valence-electron chi connectivity index (χ4n) is 3.53. The van der Waals surface area contributed by atoms with Gasteiger partial charge in [-0.1, -0.05) is 18.2 Å². The van der Waals surface area contributed by atoms with Gasteiger partial charge < -0.3 is 10.2 Å². The SMILES string of the molecule is Cc1cccc(C)c1C(=O)N1CCC2CNCC2C1.Cl. The van der Waals surface area contributed by atoms with Crippen LogP contribution in [-0.2, 0) is 0 Å². The molecule has 3 rings (SSSR count). The van der Waals surface area contributed by atoms with Crippen molar-refractivity contribution in [1.29, 1.82) is 0 Å². The molecule has 0 aromatic heterocycles. The van der Waals surface area contributed by atoms with E-state index in [1.807, 2.05) is 32.0 Å². The third kappa shape index (κ3) is 2.70. The van der Waals surface area contributed by atoms with Crippen molar-refractivity contribution in [2.24, 2.45) is 11.8 Å². The van der Waals surface area contributed by atoms with Crippen LogP contribution in [0.4, 0.5) is 0 Å². The number of halogens is 1. The van der Waals surface area contributed by atoms with Crippen LogP contribution in [0.15, 0.2) is 18.2 Å². The zero-order valence-corrected chi connectivity index (χ0v) is 13.0. The predicted octanol–water partition coefficient (Wildman–Crippen LogP) is 2.41. The molecule has 1 amide bonds. The highest BCUT2D eigenvalue weighted by Crippen LogP contribution is 2.28. The lowest BCUT2D eigenvalue weighted by Crippen LogP contribution is -2.43. The third-order valence-electron chi connectivity index (χ3n) is 4.69. The Morgan fingerprint density at radius 1 is 1.20 bits per heavy atom. The number of fused-ring (bicyclic) bond motifs is 1. The summed E-state index contributed by atoms with van der Waals surface area (Å²) in [5.41, 5.74) is 3.10. The summed E-state index contributed by atoms with van der Waals surface area (Å²) in [7, 11) is 0. The summed E-state index contributed by atoms with van der Waals surface area (Å²) in [6.07, 6.45) is 1.15. The number of nitrogens with zero attached hydrogens (tertiary/aromatic N) is 1. The molecule has 2 fully saturated rings. The molecule has 0 saturated carbocycles. The molecule has 2 aliphatic heterocycles. The van der Waals surface area contributed by atoms with Gasteiger partial charge in [0, 0.05) is 18.7 Å². The van der Waals surface area contributed by atoms with Gasteiger partial charge in [0.05, 0.1) is 0 Å². The van der Waals surface area contributed by atoms with Gasteiger partial charge in [0.25, 0.3) is 5.91 Å². The summed E-state index contributed by atoms with van der Waals surface area (Å²) < 4.78 is 0. The zero-order chi connectivity index (χ0) is 13.4. The monoisotopic (exact) mass is 294 g/mol. The summed E-state index contributed by atoms with van der Waals surface area (Å²) in [4.78, 5) is 14.8. The van der Waals surface area contributed by atoms with Crippen LogP contribution in [0.5, 0.6) is 0 Å². The van der Waals surface area contributed by atoms with Gasteiger partial charge in [-0.2, -0.15) is 0 Å². The summed E-state index contributed by atoms with van der Waals surface area (Å²) in [5, 5.41) is 3.45. The molecule has 2 aliphatic rings. The van der Waals surface area contributed by atoms with Gasteiger partial charge in [0.2, 0.25) is 0 Å². The van der Waals surface area contributed by atoms with Gasteiger partial charge in [-0.15, -0.1) is 12.4 Å². The van der Waals surface area contributed by atoms with E-state index in [2.05, 4.69) is 10.2 Å². The largest absolute Gasteiger partial charge is 0.338 e. The Kier molecular flexibility index (Phi) is 4.71. The van der Waals surface area contributed by atoms with Crippen LogP contribution < -0.4 is 5.32 Å². The van der Waals surface area contributed by atoms with Crippen LogP contribution in [0.25, 0.3) is 0 Å². The van der Waals surface area contributed by atoms with Gasteiger partial charge in [-0.05, 0) is 56.3 Å². The van der Waals surface area contributed by atoms with Crippen LogP contribution in [0, 0.1) is 25.7 Å². The molecule has 0 radical (unpaired) electrons. The van der Waals surface area contributed by atoms with Crippen LogP contribution in [-0.4, -0.2) is 37.0 Å². The van der Waals surface area contributed by atoms with Crippen LogP contribution in [0.3, 0.4) is 0 Å². The minimum Gasteiger partial charge on any atom is -0.338 e. The van der Waals surface area contributed by atoms with Crippen molar-refractivity contribution >= 4 is 18.3 Å². The topological polar surface area (TPSA) is 32.3 Å². The fourth-order valence-corrected chi connectivity index (χ4v) is 3.53. The normalized spacial score (nSPS) is 25.0. The maximum Gasteiger partial charge on any atom is 0.254 e. The molecular formula is C16H23ClN2O. The molecule has 0 aliphatic carbocycles. The number of likely N-dealkylation sites (tertiary alicyclic amines) is 1. The van der Waals surface area contributed by atoms with Crippen molar-refractivity contribution in [3.05, 3.63) is 34.9 Å². The molecule has 20 heavy (non-hydrogen) atoms. The standard InChI is InChI=1S/C16H22N2O.ClH/c1-11-4-3-5-12(2)15(11)16(19)18-7-6-13-8-17-9-14(13)10-18;/h3-5,13-14,17H,6-10H2,1-2H3;1H. The van der Waals surface area contributed by atoms with Gasteiger partial charge in [-0.3, -0.25) is 4.79 Å². The van der Waals surface area contributed by atoms with E-state index in [0.29, 0.717) is 5.92 Å². The highest BCUT2D eigenvalue weighted by atomic mass is 35.5. The number of amides is 1. The van der Waals surface area contributed by atoms with E-state index in [-0.39, 0.29) is 18.3 Å². The number of piperidine rings is 1. The molecule has 2 atom stereocenters. The number of carbonyl (C=O) groups is 1. The Bertz CT molecular complexity index is 483. The lowest BCUT2D eigenvalue weighted by molar-refractivity contribution is 0.0641. The average molecular weight is 295 g/mol. The van der Waals surface area contributed by atoms with E-state index < -0.39 is 0 Å². The first-order chi connectivity index (χ1) is 9.16. The number of hydrogen-bond donors (Lipinski definition) is 1. The number of benzene rings is 1. The molecule has 3 nitrogen and oxygen atoms in total. The quantitative estimate of drug-likeness (QED) is 0.863. The molecule has 0 spiro atoms. The highest BCUT2D eigenvalue weighted by Gasteiger charge is 2.35. The Labute approximate surface area is 127 Å². The lowest BCUT2D eigenvalue weighted by Gasteiger charge is -2.35. The first-order valence-corrected chi connectivity index (χ1v) is 7.23. The number of nitrogens with one attached hydrogen (secondary N) is 1. The summed E-state index contributed by atoms with van der Waals surface area (Å²) >= 11 is 0. The molecule has 1 aromatic carbocycles. The fraction of sp³-hybridized carbons (Fsp3) is 0.562. The second-order valence-corrected chi connectivity index (χ2v) is 5.99. The van der Waals surface area contributed by atoms with Crippen molar-refractivity contribution < 1.29 is 4.79 Å². The minimum absolute atomic E-state index is 0. The van der Waals surface area contributed by atoms with Gasteiger partial charge in [-0.25, -0.2) is 0 Å². The number of hydrogen-bond acceptors (Lipinski definition) is 2. The van der Waals surface area contributed by atoms with Gasteiger partial charge in [0.15, 0.2) is 0 Å². The predicted molar refractivity (Wildman–Crippen MR) is 83.5 cm³/mol. The van der Waals surface area contributed by atoms with E-state index in [9.17, 15) is 4.79 Å². The molecule has 2 heterocycles. The summed E-state index contributed by atoms with van der Waals surface area (Å²) in [6.45, 7) is 8.10. The first-order valence-electron chi connectivity index (χ1n) is 7.23. The number of aryl methyl sites for hydroxylation is 2.